The third-order valence-electron chi connectivity index (χ3n) is 4.83. The van der Waals surface area contributed by atoms with E-state index in [0.29, 0.717) is 5.92 Å². The van der Waals surface area contributed by atoms with Gasteiger partial charge in [-0.3, -0.25) is 0 Å². The van der Waals surface area contributed by atoms with Crippen LogP contribution in [0.5, 0.6) is 0 Å². The summed E-state index contributed by atoms with van der Waals surface area (Å²) in [5.74, 6) is 0.389. The lowest BCUT2D eigenvalue weighted by molar-refractivity contribution is 0.501. The molecule has 0 bridgehead atoms. The van der Waals surface area contributed by atoms with Gasteiger partial charge in [-0.25, -0.2) is 0 Å². The second-order valence-electron chi connectivity index (χ2n) is 10.5. The highest BCUT2D eigenvalue weighted by Gasteiger charge is 2.15. The molecule has 0 amide bonds. The molecule has 2 aromatic rings. The van der Waals surface area contributed by atoms with Gasteiger partial charge < -0.3 is 10.6 Å². The SMILES string of the molecule is C=C(NC(C)(C)C)c1ccccc1/C=C\C(C)Cc1ccccc1C(=C)NC(C)(C)C. The minimum atomic E-state index is -0.0194. The van der Waals surface area contributed by atoms with Gasteiger partial charge in [-0.05, 0) is 65.0 Å². The Balaban J connectivity index is 2.17. The van der Waals surface area contributed by atoms with Crippen LogP contribution < -0.4 is 10.6 Å². The van der Waals surface area contributed by atoms with Gasteiger partial charge in [0.2, 0.25) is 0 Å². The molecule has 0 radical (unpaired) electrons. The van der Waals surface area contributed by atoms with Crippen molar-refractivity contribution in [3.63, 3.8) is 0 Å². The summed E-state index contributed by atoms with van der Waals surface area (Å²) in [4.78, 5) is 0. The summed E-state index contributed by atoms with van der Waals surface area (Å²) in [6.45, 7) is 23.7. The highest BCUT2D eigenvalue weighted by atomic mass is 15.0. The maximum absolute atomic E-state index is 4.29. The van der Waals surface area contributed by atoms with E-state index in [2.05, 4.69) is 133 Å². The lowest BCUT2D eigenvalue weighted by atomic mass is 9.93. The number of hydrogen-bond acceptors (Lipinski definition) is 2. The van der Waals surface area contributed by atoms with Crippen LogP contribution in [0, 0.1) is 5.92 Å². The Morgan fingerprint density at radius 3 is 1.87 bits per heavy atom. The van der Waals surface area contributed by atoms with Gasteiger partial charge in [-0.2, -0.15) is 0 Å². The first-order valence-electron chi connectivity index (χ1n) is 11.2. The average Bonchev–Trinajstić information content (AvgIpc) is 2.64. The Labute approximate surface area is 190 Å². The summed E-state index contributed by atoms with van der Waals surface area (Å²) in [6.07, 6.45) is 5.47. The molecule has 0 aliphatic carbocycles. The topological polar surface area (TPSA) is 24.1 Å². The predicted molar refractivity (Wildman–Crippen MR) is 139 cm³/mol. The third-order valence-corrected chi connectivity index (χ3v) is 4.83. The van der Waals surface area contributed by atoms with Gasteiger partial charge in [-0.1, -0.05) is 80.8 Å². The third kappa shape index (κ3) is 8.13. The number of hydrogen-bond donors (Lipinski definition) is 2. The van der Waals surface area contributed by atoms with Crippen LogP contribution in [0.4, 0.5) is 0 Å². The van der Waals surface area contributed by atoms with Gasteiger partial charge in [0.15, 0.2) is 0 Å². The minimum absolute atomic E-state index is 0.0110. The van der Waals surface area contributed by atoms with Crippen molar-refractivity contribution in [1.29, 1.82) is 0 Å². The maximum Gasteiger partial charge on any atom is 0.0350 e. The molecular formula is C29H40N2. The van der Waals surface area contributed by atoms with E-state index < -0.39 is 0 Å². The van der Waals surface area contributed by atoms with Crippen LogP contribution in [0.15, 0.2) is 67.8 Å². The molecule has 2 aromatic carbocycles. The molecule has 1 unspecified atom stereocenters. The molecular weight excluding hydrogens is 376 g/mol. The molecule has 2 nitrogen and oxygen atoms in total. The highest BCUT2D eigenvalue weighted by molar-refractivity contribution is 5.72. The zero-order valence-electron chi connectivity index (χ0n) is 20.5. The molecule has 2 N–H and O–H groups in total. The molecule has 0 aliphatic rings. The second-order valence-corrected chi connectivity index (χ2v) is 10.5. The van der Waals surface area contributed by atoms with Gasteiger partial charge >= 0.3 is 0 Å². The van der Waals surface area contributed by atoms with Crippen LogP contribution in [0.2, 0.25) is 0 Å². The Bertz CT molecular complexity index is 936. The van der Waals surface area contributed by atoms with Gasteiger partial charge in [0.1, 0.15) is 0 Å². The van der Waals surface area contributed by atoms with Crippen molar-refractivity contribution in [3.05, 3.63) is 90.0 Å². The summed E-state index contributed by atoms with van der Waals surface area (Å²) in [5, 5.41) is 7.01. The molecule has 0 heterocycles. The van der Waals surface area contributed by atoms with Crippen LogP contribution >= 0.6 is 0 Å². The van der Waals surface area contributed by atoms with Crippen molar-refractivity contribution in [1.82, 2.24) is 10.6 Å². The van der Waals surface area contributed by atoms with Gasteiger partial charge in [0, 0.05) is 33.6 Å². The monoisotopic (exact) mass is 416 g/mol. The van der Waals surface area contributed by atoms with E-state index in [-0.39, 0.29) is 11.1 Å². The summed E-state index contributed by atoms with van der Waals surface area (Å²) in [7, 11) is 0. The first kappa shape index (κ1) is 24.5. The number of allylic oxidation sites excluding steroid dienone is 1. The molecule has 0 spiro atoms. The smallest absolute Gasteiger partial charge is 0.0350 e. The number of rotatable bonds is 8. The standard InChI is InChI=1S/C29H40N2/c1-21(20-25-15-11-13-17-27(25)23(3)31-29(7,8)9)18-19-24-14-10-12-16-26(24)22(2)30-28(4,5)6/h10-19,21,30-31H,2-3,20H2,1,4-9H3/b19-18-. The highest BCUT2D eigenvalue weighted by Crippen LogP contribution is 2.24. The van der Waals surface area contributed by atoms with Crippen molar-refractivity contribution in [3.8, 4) is 0 Å². The minimum Gasteiger partial charge on any atom is -0.380 e. The molecule has 0 aliphatic heterocycles. The molecule has 0 saturated carbocycles. The van der Waals surface area contributed by atoms with Crippen molar-refractivity contribution < 1.29 is 0 Å². The zero-order chi connectivity index (χ0) is 23.2. The van der Waals surface area contributed by atoms with Crippen LogP contribution in [0.25, 0.3) is 17.5 Å². The van der Waals surface area contributed by atoms with E-state index in [4.69, 9.17) is 0 Å². The molecule has 0 saturated heterocycles. The normalized spacial score (nSPS) is 13.1. The zero-order valence-corrected chi connectivity index (χ0v) is 20.5. The van der Waals surface area contributed by atoms with E-state index in [1.165, 1.54) is 16.7 Å². The quantitative estimate of drug-likeness (QED) is 0.472. The fourth-order valence-corrected chi connectivity index (χ4v) is 3.63. The molecule has 166 valence electrons. The van der Waals surface area contributed by atoms with Gasteiger partial charge in [0.05, 0.1) is 0 Å². The van der Waals surface area contributed by atoms with Crippen molar-refractivity contribution in [2.75, 3.05) is 0 Å². The fraction of sp³-hybridized carbons (Fsp3) is 0.379. The summed E-state index contributed by atoms with van der Waals surface area (Å²) < 4.78 is 0. The fourth-order valence-electron chi connectivity index (χ4n) is 3.63. The van der Waals surface area contributed by atoms with Crippen LogP contribution in [-0.4, -0.2) is 11.1 Å². The molecule has 0 fully saturated rings. The molecule has 2 rings (SSSR count). The number of nitrogens with one attached hydrogen (secondary N) is 2. The van der Waals surface area contributed by atoms with Crippen molar-refractivity contribution in [2.24, 2.45) is 5.92 Å². The van der Waals surface area contributed by atoms with E-state index in [9.17, 15) is 0 Å². The largest absolute Gasteiger partial charge is 0.380 e. The van der Waals surface area contributed by atoms with E-state index in [0.717, 1.165) is 23.4 Å². The van der Waals surface area contributed by atoms with Crippen LogP contribution in [-0.2, 0) is 6.42 Å². The van der Waals surface area contributed by atoms with Gasteiger partial charge in [-0.15, -0.1) is 0 Å². The van der Waals surface area contributed by atoms with E-state index in [1.807, 2.05) is 0 Å². The lowest BCUT2D eigenvalue weighted by Gasteiger charge is -2.25. The summed E-state index contributed by atoms with van der Waals surface area (Å²) >= 11 is 0. The molecule has 0 aromatic heterocycles. The summed E-state index contributed by atoms with van der Waals surface area (Å²) in [5.41, 5.74) is 6.74. The Morgan fingerprint density at radius 2 is 1.29 bits per heavy atom. The Kier molecular flexibility index (Phi) is 7.95. The Hall–Kier alpha value is -2.74. The number of benzene rings is 2. The molecule has 1 atom stereocenters. The second kappa shape index (κ2) is 10.0. The maximum atomic E-state index is 4.29. The Morgan fingerprint density at radius 1 is 0.806 bits per heavy atom. The van der Waals surface area contributed by atoms with Crippen molar-refractivity contribution >= 4 is 17.5 Å². The van der Waals surface area contributed by atoms with Crippen LogP contribution in [0.3, 0.4) is 0 Å². The van der Waals surface area contributed by atoms with Crippen molar-refractivity contribution in [2.45, 2.75) is 66.0 Å². The molecule has 2 heteroatoms. The summed E-state index contributed by atoms with van der Waals surface area (Å²) in [6, 6.07) is 17.0. The van der Waals surface area contributed by atoms with Gasteiger partial charge in [0.25, 0.3) is 0 Å². The molecule has 31 heavy (non-hydrogen) atoms. The predicted octanol–water partition coefficient (Wildman–Crippen LogP) is 7.30. The van der Waals surface area contributed by atoms with Crippen LogP contribution in [0.1, 0.15) is 70.7 Å². The lowest BCUT2D eigenvalue weighted by Crippen LogP contribution is -2.34. The average molecular weight is 417 g/mol. The van der Waals surface area contributed by atoms with E-state index >= 15 is 0 Å². The first-order valence-corrected chi connectivity index (χ1v) is 11.2. The van der Waals surface area contributed by atoms with E-state index in [1.54, 1.807) is 0 Å². The first-order chi connectivity index (χ1) is 14.4.